The van der Waals surface area contributed by atoms with Crippen LogP contribution in [-0.4, -0.2) is 29.0 Å². The van der Waals surface area contributed by atoms with Gasteiger partial charge < -0.3 is 15.3 Å². The number of hydrogen-bond donors (Lipinski definition) is 3. The van der Waals surface area contributed by atoms with Crippen LogP contribution in [-0.2, 0) is 19.6 Å². The number of hydrogen-bond acceptors (Lipinski definition) is 6. The summed E-state index contributed by atoms with van der Waals surface area (Å²) < 4.78 is 3.87. The molecule has 10 rings (SSSR count). The topological polar surface area (TPSA) is 127 Å². The number of benzene rings is 3. The molecule has 6 aliphatic carbocycles. The van der Waals surface area contributed by atoms with Gasteiger partial charge in [0.1, 0.15) is 17.2 Å². The quantitative estimate of drug-likeness (QED) is 0.130. The molecule has 3 N–H and O–H groups in total. The third-order valence-electron chi connectivity index (χ3n) is 18.4. The lowest BCUT2D eigenvalue weighted by molar-refractivity contribution is 0.392. The van der Waals surface area contributed by atoms with E-state index in [0.29, 0.717) is 17.2 Å². The van der Waals surface area contributed by atoms with Crippen LogP contribution in [0.15, 0.2) is 50.8 Å². The largest absolute Gasteiger partial charge is 0.507 e. The summed E-state index contributed by atoms with van der Waals surface area (Å²) in [5.41, 5.74) is 6.22. The van der Waals surface area contributed by atoms with E-state index >= 15 is 14.4 Å². The number of nitrogens with zero attached hydrogens (tertiary/aromatic N) is 3. The molecule has 69 heavy (non-hydrogen) atoms. The highest BCUT2D eigenvalue weighted by molar-refractivity contribution is 5.50. The fourth-order valence-electron chi connectivity index (χ4n) is 14.5. The first kappa shape index (κ1) is 48.1. The molecule has 4 aromatic rings. The van der Waals surface area contributed by atoms with E-state index in [4.69, 9.17) is 0 Å². The third kappa shape index (κ3) is 10.5. The number of phenolic OH excluding ortho intramolecular Hbond substituents is 3. The Labute approximate surface area is 410 Å². The second-order valence-electron chi connectivity index (χ2n) is 23.0. The van der Waals surface area contributed by atoms with E-state index in [2.05, 4.69) is 36.4 Å². The van der Waals surface area contributed by atoms with Gasteiger partial charge in [-0.2, -0.15) is 0 Å². The van der Waals surface area contributed by atoms with Crippen molar-refractivity contribution in [1.82, 2.24) is 13.7 Å². The summed E-state index contributed by atoms with van der Waals surface area (Å²) in [7, 11) is 0. The van der Waals surface area contributed by atoms with E-state index in [1.54, 1.807) is 0 Å². The molecule has 0 spiro atoms. The van der Waals surface area contributed by atoms with Crippen LogP contribution in [0.25, 0.3) is 0 Å². The van der Waals surface area contributed by atoms with E-state index in [-0.39, 0.29) is 55.1 Å². The molecule has 0 atom stereocenters. The van der Waals surface area contributed by atoms with Gasteiger partial charge in [-0.1, -0.05) is 152 Å². The summed E-state index contributed by atoms with van der Waals surface area (Å²) in [5, 5.41) is 36.1. The van der Waals surface area contributed by atoms with Crippen LogP contribution in [0.4, 0.5) is 0 Å². The lowest BCUT2D eigenvalue weighted by Gasteiger charge is -2.29. The highest BCUT2D eigenvalue weighted by Gasteiger charge is 2.31. The fraction of sp³-hybridized carbons (Fsp3) is 0.650. The second-order valence-corrected chi connectivity index (χ2v) is 23.0. The maximum atomic E-state index is 15.3. The van der Waals surface area contributed by atoms with E-state index < -0.39 is 17.1 Å². The van der Waals surface area contributed by atoms with Crippen molar-refractivity contribution in [3.63, 3.8) is 0 Å². The van der Waals surface area contributed by atoms with Crippen LogP contribution in [0.5, 0.6) is 17.2 Å². The molecule has 6 fully saturated rings. The Bertz CT molecular complexity index is 2170. The molecule has 0 radical (unpaired) electrons. The molecule has 9 nitrogen and oxygen atoms in total. The molecule has 0 amide bonds. The summed E-state index contributed by atoms with van der Waals surface area (Å²) >= 11 is 0. The van der Waals surface area contributed by atoms with Crippen LogP contribution in [0, 0.1) is 0 Å². The highest BCUT2D eigenvalue weighted by Crippen LogP contribution is 2.48. The smallest absolute Gasteiger partial charge is 0.336 e. The van der Waals surface area contributed by atoms with Crippen molar-refractivity contribution in [3.8, 4) is 17.2 Å². The van der Waals surface area contributed by atoms with Crippen molar-refractivity contribution in [2.45, 2.75) is 248 Å². The number of aromatic hydroxyl groups is 3. The van der Waals surface area contributed by atoms with Crippen molar-refractivity contribution in [1.29, 1.82) is 0 Å². The Morgan fingerprint density at radius 3 is 0.609 bits per heavy atom. The molecule has 0 bridgehead atoms. The van der Waals surface area contributed by atoms with Gasteiger partial charge in [0.2, 0.25) is 0 Å². The Balaban J connectivity index is 1.12. The Morgan fingerprint density at radius 2 is 0.449 bits per heavy atom. The van der Waals surface area contributed by atoms with Gasteiger partial charge in [-0.25, -0.2) is 28.1 Å². The van der Waals surface area contributed by atoms with Crippen LogP contribution in [0.3, 0.4) is 0 Å². The average molecular weight is 940 g/mol. The molecule has 9 heteroatoms. The molecule has 372 valence electrons. The van der Waals surface area contributed by atoms with Gasteiger partial charge >= 0.3 is 17.1 Å². The molecule has 1 heterocycles. The van der Waals surface area contributed by atoms with Gasteiger partial charge in [0.25, 0.3) is 0 Å². The van der Waals surface area contributed by atoms with Gasteiger partial charge in [-0.15, -0.1) is 0 Å². The van der Waals surface area contributed by atoms with Crippen molar-refractivity contribution < 1.29 is 15.3 Å². The van der Waals surface area contributed by atoms with Crippen molar-refractivity contribution >= 4 is 0 Å². The second kappa shape index (κ2) is 21.9. The molecule has 3 aromatic carbocycles. The van der Waals surface area contributed by atoms with E-state index in [1.807, 2.05) is 0 Å². The minimum absolute atomic E-state index is 0.00980. The number of phenols is 3. The maximum absolute atomic E-state index is 15.3. The molecule has 6 saturated carbocycles. The zero-order chi connectivity index (χ0) is 47.4. The molecule has 0 aliphatic heterocycles. The average Bonchev–Trinajstić information content (AvgIpc) is 3.40. The minimum Gasteiger partial charge on any atom is -0.507 e. The standard InChI is InChI=1S/C60H81N3O6/c64-55-49(43-19-7-1-8-20-43)31-40(32-50(55)44-21-9-2-10-22-44)37-61-58(67)62(38-41-33-51(45-23-11-3-12-24-45)56(65)52(34-41)46-25-13-4-14-26-46)60(69)63(59(61)68)39-42-35-53(47-27-15-5-16-28-47)57(66)54(36-42)48-29-17-6-18-30-48/h31-36,43-48,64-66H,1-30,37-39H2. The first-order valence-corrected chi connectivity index (χ1v) is 28.2. The summed E-state index contributed by atoms with van der Waals surface area (Å²) in [6.07, 6.45) is 32.7. The predicted octanol–water partition coefficient (Wildman–Crippen LogP) is 13.7. The van der Waals surface area contributed by atoms with Gasteiger partial charge in [0.05, 0.1) is 19.6 Å². The lowest BCUT2D eigenvalue weighted by Crippen LogP contribution is -2.54. The van der Waals surface area contributed by atoms with Crippen molar-refractivity contribution in [2.24, 2.45) is 0 Å². The fourth-order valence-corrected chi connectivity index (χ4v) is 14.5. The predicted molar refractivity (Wildman–Crippen MR) is 276 cm³/mol. The maximum Gasteiger partial charge on any atom is 0.336 e. The normalized spacial score (nSPS) is 21.2. The third-order valence-corrected chi connectivity index (χ3v) is 18.4. The van der Waals surface area contributed by atoms with Gasteiger partial charge in [0, 0.05) is 0 Å². The summed E-state index contributed by atoms with van der Waals surface area (Å²) in [6, 6.07) is 12.4. The van der Waals surface area contributed by atoms with E-state index in [9.17, 15) is 15.3 Å². The molecule has 6 aliphatic rings. The van der Waals surface area contributed by atoms with E-state index in [1.165, 1.54) is 52.2 Å². The number of rotatable bonds is 12. The molecule has 1 aromatic heterocycles. The van der Waals surface area contributed by atoms with Gasteiger partial charge in [-0.3, -0.25) is 0 Å². The molecular weight excluding hydrogens is 859 g/mol. The van der Waals surface area contributed by atoms with Crippen molar-refractivity contribution in [3.05, 3.63) is 118 Å². The summed E-state index contributed by atoms with van der Waals surface area (Å²) in [4.78, 5) is 45.8. The van der Waals surface area contributed by atoms with Crippen molar-refractivity contribution in [2.75, 3.05) is 0 Å². The molecule has 0 saturated heterocycles. The van der Waals surface area contributed by atoms with Gasteiger partial charge in [0.15, 0.2) is 0 Å². The lowest BCUT2D eigenvalue weighted by atomic mass is 9.78. The van der Waals surface area contributed by atoms with Crippen LogP contribution in [0.2, 0.25) is 0 Å². The Morgan fingerprint density at radius 1 is 0.290 bits per heavy atom. The molecule has 0 unspecified atom stereocenters. The minimum atomic E-state index is -0.629. The zero-order valence-corrected chi connectivity index (χ0v) is 41.7. The Hall–Kier alpha value is -4.53. The Kier molecular flexibility index (Phi) is 15.2. The summed E-state index contributed by atoms with van der Waals surface area (Å²) in [5.74, 6) is 2.54. The monoisotopic (exact) mass is 940 g/mol. The highest BCUT2D eigenvalue weighted by atomic mass is 16.3. The number of aromatic nitrogens is 3. The first-order valence-electron chi connectivity index (χ1n) is 28.2. The van der Waals surface area contributed by atoms with Crippen LogP contribution < -0.4 is 17.1 Å². The van der Waals surface area contributed by atoms with E-state index in [0.717, 1.165) is 204 Å². The van der Waals surface area contributed by atoms with Gasteiger partial charge in [-0.05, 0) is 163 Å². The zero-order valence-electron chi connectivity index (χ0n) is 41.7. The molecular formula is C60H81N3O6. The summed E-state index contributed by atoms with van der Waals surface area (Å²) in [6.45, 7) is -0.0294. The first-order chi connectivity index (χ1) is 33.7. The SMILES string of the molecule is O=c1n(Cc2cc(C3CCCCC3)c(O)c(C3CCCCC3)c2)c(=O)n(Cc2cc(C3CCCCC3)c(O)c(C3CCCCC3)c2)c(=O)n1Cc1cc(C2CCCCC2)c(O)c(C2CCCCC2)c1. The van der Waals surface area contributed by atoms with Crippen LogP contribution in [0.1, 0.15) is 278 Å². The van der Waals surface area contributed by atoms with Crippen LogP contribution >= 0.6 is 0 Å².